The minimum Gasteiger partial charge on any atom is -0.497 e. The second kappa shape index (κ2) is 7.97. The summed E-state index contributed by atoms with van der Waals surface area (Å²) in [6.07, 6.45) is 0. The molecule has 0 aliphatic heterocycles. The molecule has 0 aliphatic rings. The number of aliphatic hydroxyl groups is 1. The van der Waals surface area contributed by atoms with Crippen molar-refractivity contribution in [3.63, 3.8) is 0 Å². The highest BCUT2D eigenvalue weighted by Gasteiger charge is 2.20. The Morgan fingerprint density at radius 3 is 2.76 bits per heavy atom. The van der Waals surface area contributed by atoms with Gasteiger partial charge in [0.15, 0.2) is 0 Å². The lowest BCUT2D eigenvalue weighted by Gasteiger charge is -2.27. The second-order valence-corrected chi connectivity index (χ2v) is 5.62. The zero-order valence-corrected chi connectivity index (χ0v) is 13.1. The molecule has 1 aromatic rings. The van der Waals surface area contributed by atoms with Crippen LogP contribution in [0.5, 0.6) is 5.75 Å². The number of benzene rings is 1. The molecule has 3 N–H and O–H groups in total. The van der Waals surface area contributed by atoms with E-state index in [4.69, 9.17) is 4.74 Å². The summed E-state index contributed by atoms with van der Waals surface area (Å²) in [5.41, 5.74) is -0.194. The van der Waals surface area contributed by atoms with Crippen LogP contribution in [0.15, 0.2) is 24.3 Å². The van der Waals surface area contributed by atoms with Gasteiger partial charge in [0, 0.05) is 24.8 Å². The van der Waals surface area contributed by atoms with Crippen molar-refractivity contribution in [3.05, 3.63) is 24.3 Å². The van der Waals surface area contributed by atoms with Gasteiger partial charge in [0.25, 0.3) is 0 Å². The molecule has 1 amide bonds. The van der Waals surface area contributed by atoms with E-state index in [2.05, 4.69) is 10.6 Å². The quantitative estimate of drug-likeness (QED) is 0.653. The van der Waals surface area contributed by atoms with Crippen molar-refractivity contribution in [1.29, 1.82) is 0 Å². The van der Waals surface area contributed by atoms with Crippen LogP contribution in [-0.4, -0.2) is 62.4 Å². The Morgan fingerprint density at radius 2 is 2.14 bits per heavy atom. The first-order valence-corrected chi connectivity index (χ1v) is 6.84. The van der Waals surface area contributed by atoms with Gasteiger partial charge in [-0.25, -0.2) is 0 Å². The first-order valence-electron chi connectivity index (χ1n) is 6.84. The highest BCUT2D eigenvalue weighted by Crippen LogP contribution is 2.16. The number of carbonyl (C=O) groups excluding carboxylic acids is 1. The molecular formula is C15H25N3O3. The third kappa shape index (κ3) is 7.08. The zero-order chi connectivity index (χ0) is 15.9. The van der Waals surface area contributed by atoms with E-state index in [-0.39, 0.29) is 12.5 Å². The lowest BCUT2D eigenvalue weighted by Crippen LogP contribution is -2.47. The number of likely N-dealkylation sites (N-methyl/N-ethyl adjacent to an activating group) is 1. The maximum atomic E-state index is 11.8. The number of anilines is 1. The van der Waals surface area contributed by atoms with Crippen LogP contribution < -0.4 is 15.4 Å². The molecule has 0 aliphatic carbocycles. The first kappa shape index (κ1) is 17.4. The summed E-state index contributed by atoms with van der Waals surface area (Å²) in [7, 11) is 5.36. The number of rotatable bonds is 8. The topological polar surface area (TPSA) is 73.8 Å². The van der Waals surface area contributed by atoms with Crippen molar-refractivity contribution in [1.82, 2.24) is 10.2 Å². The zero-order valence-electron chi connectivity index (χ0n) is 13.1. The first-order chi connectivity index (χ1) is 9.82. The Hall–Kier alpha value is -1.63. The van der Waals surface area contributed by atoms with Crippen LogP contribution in [0.2, 0.25) is 0 Å². The van der Waals surface area contributed by atoms with E-state index < -0.39 is 5.60 Å². The van der Waals surface area contributed by atoms with Crippen LogP contribution in [0.25, 0.3) is 0 Å². The van der Waals surface area contributed by atoms with Crippen LogP contribution in [0.4, 0.5) is 5.69 Å². The average Bonchev–Trinajstić information content (AvgIpc) is 2.37. The van der Waals surface area contributed by atoms with E-state index in [1.165, 1.54) is 0 Å². The number of carbonyl (C=O) groups is 1. The molecule has 0 saturated heterocycles. The van der Waals surface area contributed by atoms with Gasteiger partial charge >= 0.3 is 0 Å². The standard InChI is InChI=1S/C15H25N3O3/c1-15(20,11-18(2)3)10-16-9-14(19)17-12-6-5-7-13(8-12)21-4/h5-8,16,20H,9-11H2,1-4H3,(H,17,19). The fraction of sp³-hybridized carbons (Fsp3) is 0.533. The van der Waals surface area contributed by atoms with Crippen molar-refractivity contribution in [2.75, 3.05) is 46.2 Å². The molecule has 6 heteroatoms. The molecule has 0 radical (unpaired) electrons. The summed E-state index contributed by atoms with van der Waals surface area (Å²) in [4.78, 5) is 13.7. The second-order valence-electron chi connectivity index (χ2n) is 5.62. The van der Waals surface area contributed by atoms with E-state index >= 15 is 0 Å². The van der Waals surface area contributed by atoms with E-state index in [1.54, 1.807) is 26.2 Å². The number of ether oxygens (including phenoxy) is 1. The molecule has 118 valence electrons. The molecule has 0 spiro atoms. The van der Waals surface area contributed by atoms with Gasteiger partial charge in [0.1, 0.15) is 5.75 Å². The minimum absolute atomic E-state index is 0.140. The molecule has 1 rings (SSSR count). The maximum Gasteiger partial charge on any atom is 0.238 e. The predicted octanol–water partition coefficient (Wildman–Crippen LogP) is 0.536. The Kier molecular flexibility index (Phi) is 6.61. The van der Waals surface area contributed by atoms with Gasteiger partial charge in [-0.3, -0.25) is 4.79 Å². The number of methoxy groups -OCH3 is 1. The van der Waals surface area contributed by atoms with E-state index in [1.807, 2.05) is 31.1 Å². The van der Waals surface area contributed by atoms with Crippen molar-refractivity contribution in [3.8, 4) is 5.75 Å². The van der Waals surface area contributed by atoms with Gasteiger partial charge in [-0.15, -0.1) is 0 Å². The summed E-state index contributed by atoms with van der Waals surface area (Å²) in [5.74, 6) is 0.526. The predicted molar refractivity (Wildman–Crippen MR) is 83.7 cm³/mol. The van der Waals surface area contributed by atoms with E-state index in [0.717, 1.165) is 0 Å². The highest BCUT2D eigenvalue weighted by molar-refractivity contribution is 5.92. The Morgan fingerprint density at radius 1 is 1.43 bits per heavy atom. The highest BCUT2D eigenvalue weighted by atomic mass is 16.5. The average molecular weight is 295 g/mol. The Balaban J connectivity index is 2.37. The summed E-state index contributed by atoms with van der Waals surface area (Å²) >= 11 is 0. The Bertz CT molecular complexity index is 461. The van der Waals surface area contributed by atoms with E-state index in [0.29, 0.717) is 24.5 Å². The molecule has 0 aromatic heterocycles. The number of nitrogens with zero attached hydrogens (tertiary/aromatic N) is 1. The van der Waals surface area contributed by atoms with Gasteiger partial charge in [-0.1, -0.05) is 6.07 Å². The van der Waals surface area contributed by atoms with Crippen molar-refractivity contribution < 1.29 is 14.6 Å². The largest absolute Gasteiger partial charge is 0.497 e. The van der Waals surface area contributed by atoms with Gasteiger partial charge in [0.2, 0.25) is 5.91 Å². The van der Waals surface area contributed by atoms with Gasteiger partial charge < -0.3 is 25.4 Å². The summed E-state index contributed by atoms with van der Waals surface area (Å²) in [5, 5.41) is 15.8. The molecule has 6 nitrogen and oxygen atoms in total. The lowest BCUT2D eigenvalue weighted by atomic mass is 10.1. The molecular weight excluding hydrogens is 270 g/mol. The summed E-state index contributed by atoms with van der Waals surface area (Å²) < 4.78 is 5.09. The summed E-state index contributed by atoms with van der Waals surface area (Å²) in [6, 6.07) is 7.17. The molecule has 0 saturated carbocycles. The van der Waals surface area contributed by atoms with Crippen LogP contribution in [-0.2, 0) is 4.79 Å². The smallest absolute Gasteiger partial charge is 0.238 e. The molecule has 0 fully saturated rings. The van der Waals surface area contributed by atoms with Crippen molar-refractivity contribution >= 4 is 11.6 Å². The van der Waals surface area contributed by atoms with Crippen LogP contribution >= 0.6 is 0 Å². The maximum absolute atomic E-state index is 11.8. The molecule has 0 heterocycles. The van der Waals surface area contributed by atoms with Crippen LogP contribution in [0.3, 0.4) is 0 Å². The molecule has 1 aromatic carbocycles. The molecule has 1 atom stereocenters. The third-order valence-corrected chi connectivity index (χ3v) is 2.80. The molecule has 1 unspecified atom stereocenters. The lowest BCUT2D eigenvalue weighted by molar-refractivity contribution is -0.115. The van der Waals surface area contributed by atoms with Gasteiger partial charge in [-0.2, -0.15) is 0 Å². The monoisotopic (exact) mass is 295 g/mol. The number of hydrogen-bond donors (Lipinski definition) is 3. The van der Waals surface area contributed by atoms with Crippen molar-refractivity contribution in [2.45, 2.75) is 12.5 Å². The number of nitrogens with one attached hydrogen (secondary N) is 2. The van der Waals surface area contributed by atoms with E-state index in [9.17, 15) is 9.90 Å². The Labute approximate surface area is 126 Å². The number of hydrogen-bond acceptors (Lipinski definition) is 5. The number of amides is 1. The molecule has 21 heavy (non-hydrogen) atoms. The normalized spacial score (nSPS) is 13.8. The SMILES string of the molecule is COc1cccc(NC(=O)CNCC(C)(O)CN(C)C)c1. The van der Waals surface area contributed by atoms with Crippen molar-refractivity contribution in [2.24, 2.45) is 0 Å². The fourth-order valence-electron chi connectivity index (χ4n) is 2.09. The van der Waals surface area contributed by atoms with Gasteiger partial charge in [-0.05, 0) is 33.2 Å². The van der Waals surface area contributed by atoms with Crippen LogP contribution in [0.1, 0.15) is 6.92 Å². The van der Waals surface area contributed by atoms with Crippen LogP contribution in [0, 0.1) is 0 Å². The fourth-order valence-corrected chi connectivity index (χ4v) is 2.09. The van der Waals surface area contributed by atoms with Gasteiger partial charge in [0.05, 0.1) is 19.3 Å². The minimum atomic E-state index is -0.875. The summed E-state index contributed by atoms with van der Waals surface area (Å²) in [6.45, 7) is 2.75. The third-order valence-electron chi connectivity index (χ3n) is 2.80. The molecule has 0 bridgehead atoms.